The Kier molecular flexibility index (Phi) is 4.14. The molecule has 0 saturated carbocycles. The Morgan fingerprint density at radius 1 is 1.35 bits per heavy atom. The van der Waals surface area contributed by atoms with Crippen molar-refractivity contribution in [3.63, 3.8) is 0 Å². The summed E-state index contributed by atoms with van der Waals surface area (Å²) in [6.45, 7) is 1.41. The van der Waals surface area contributed by atoms with E-state index in [1.165, 1.54) is 0 Å². The van der Waals surface area contributed by atoms with E-state index in [0.29, 0.717) is 13.0 Å². The van der Waals surface area contributed by atoms with Gasteiger partial charge in [0.15, 0.2) is 0 Å². The lowest BCUT2D eigenvalue weighted by molar-refractivity contribution is 0.108. The first-order valence-electron chi connectivity index (χ1n) is 7.41. The van der Waals surface area contributed by atoms with Gasteiger partial charge in [-0.2, -0.15) is 4.31 Å². The monoisotopic (exact) mass is 298 g/mol. The van der Waals surface area contributed by atoms with Crippen molar-refractivity contribution < 1.29 is 13.2 Å². The molecule has 2 atom stereocenters. The van der Waals surface area contributed by atoms with E-state index in [2.05, 4.69) is 4.98 Å². The van der Waals surface area contributed by atoms with Crippen molar-refractivity contribution in [3.8, 4) is 0 Å². The summed E-state index contributed by atoms with van der Waals surface area (Å²) in [5, 5.41) is 0. The van der Waals surface area contributed by atoms with Gasteiger partial charge in [0, 0.05) is 25.0 Å². The van der Waals surface area contributed by atoms with Crippen LogP contribution < -0.4 is 0 Å². The summed E-state index contributed by atoms with van der Waals surface area (Å²) in [6, 6.07) is 3.88. The van der Waals surface area contributed by atoms with Crippen LogP contribution in [0, 0.1) is 0 Å². The number of nitrogens with one attached hydrogen (secondary N) is 1. The maximum Gasteiger partial charge on any atom is 0.214 e. The fraction of sp³-hybridized carbons (Fsp3) is 0.714. The van der Waals surface area contributed by atoms with E-state index in [1.807, 2.05) is 18.3 Å². The van der Waals surface area contributed by atoms with Crippen LogP contribution in [0.15, 0.2) is 18.3 Å². The zero-order valence-electron chi connectivity index (χ0n) is 11.6. The molecule has 5 nitrogen and oxygen atoms in total. The number of nitrogens with zero attached hydrogens (tertiary/aromatic N) is 1. The fourth-order valence-corrected chi connectivity index (χ4v) is 5.01. The molecule has 0 amide bonds. The molecule has 0 unspecified atom stereocenters. The Bertz CT molecular complexity index is 521. The Hall–Kier alpha value is -0.850. The number of H-pyrrole nitrogens is 1. The van der Waals surface area contributed by atoms with Gasteiger partial charge in [-0.05, 0) is 44.2 Å². The van der Waals surface area contributed by atoms with E-state index in [0.717, 1.165) is 38.0 Å². The van der Waals surface area contributed by atoms with E-state index in [-0.39, 0.29) is 17.9 Å². The molecule has 3 heterocycles. The van der Waals surface area contributed by atoms with Crippen LogP contribution in [0.5, 0.6) is 0 Å². The number of hydrogen-bond acceptors (Lipinski definition) is 3. The molecule has 2 saturated heterocycles. The maximum atomic E-state index is 12.6. The van der Waals surface area contributed by atoms with E-state index < -0.39 is 10.0 Å². The average molecular weight is 298 g/mol. The summed E-state index contributed by atoms with van der Waals surface area (Å²) in [4.78, 5) is 3.15. The Morgan fingerprint density at radius 2 is 2.25 bits per heavy atom. The van der Waals surface area contributed by atoms with Crippen molar-refractivity contribution in [1.29, 1.82) is 0 Å². The van der Waals surface area contributed by atoms with Crippen molar-refractivity contribution >= 4 is 10.0 Å². The molecule has 1 aromatic heterocycles. The number of ether oxygens (including phenoxy) is 1. The fourth-order valence-electron chi connectivity index (χ4n) is 3.21. The molecule has 0 bridgehead atoms. The summed E-state index contributed by atoms with van der Waals surface area (Å²) >= 11 is 0. The Balaban J connectivity index is 1.66. The largest absolute Gasteiger partial charge is 0.378 e. The van der Waals surface area contributed by atoms with Crippen LogP contribution >= 0.6 is 0 Å². The minimum atomic E-state index is -3.19. The van der Waals surface area contributed by atoms with Crippen molar-refractivity contribution in [2.75, 3.05) is 18.9 Å². The number of hydrogen-bond donors (Lipinski definition) is 1. The van der Waals surface area contributed by atoms with Gasteiger partial charge < -0.3 is 9.72 Å². The third-order valence-electron chi connectivity index (χ3n) is 4.26. The predicted octanol–water partition coefficient (Wildman–Crippen LogP) is 2.05. The summed E-state index contributed by atoms with van der Waals surface area (Å²) in [5.74, 6) is 0.203. The Morgan fingerprint density at radius 3 is 2.95 bits per heavy atom. The molecule has 2 aliphatic rings. The predicted molar refractivity (Wildman–Crippen MR) is 76.9 cm³/mol. The second kappa shape index (κ2) is 5.87. The lowest BCUT2D eigenvalue weighted by Crippen LogP contribution is -2.33. The molecule has 1 aromatic rings. The van der Waals surface area contributed by atoms with Gasteiger partial charge in [-0.1, -0.05) is 0 Å². The third-order valence-corrected chi connectivity index (χ3v) is 6.17. The standard InChI is InChI=1S/C14H22N2O3S/c17-20(18,11-7-12-4-3-10-19-12)16-9-2-6-14(16)13-5-1-8-15-13/h1,5,8,12,14-15H,2-4,6-7,9-11H2/t12-,14-/m1/s1. The van der Waals surface area contributed by atoms with Gasteiger partial charge in [-0.15, -0.1) is 0 Å². The van der Waals surface area contributed by atoms with E-state index in [9.17, 15) is 8.42 Å². The highest BCUT2D eigenvalue weighted by molar-refractivity contribution is 7.89. The second-order valence-electron chi connectivity index (χ2n) is 5.63. The average Bonchev–Trinajstić information content (AvgIpc) is 3.16. The molecule has 112 valence electrons. The lowest BCUT2D eigenvalue weighted by atomic mass is 10.2. The lowest BCUT2D eigenvalue weighted by Gasteiger charge is -2.24. The summed E-state index contributed by atoms with van der Waals surface area (Å²) in [6.07, 6.45) is 6.50. The van der Waals surface area contributed by atoms with Crippen LogP contribution in [0.2, 0.25) is 0 Å². The first-order valence-corrected chi connectivity index (χ1v) is 9.02. The summed E-state index contributed by atoms with van der Waals surface area (Å²) < 4.78 is 32.3. The van der Waals surface area contributed by atoms with Crippen LogP contribution in [-0.4, -0.2) is 42.7 Å². The molecule has 0 radical (unpaired) electrons. The Labute approximate surface area is 120 Å². The minimum absolute atomic E-state index is 0.0144. The highest BCUT2D eigenvalue weighted by Gasteiger charge is 2.35. The molecular weight excluding hydrogens is 276 g/mol. The van der Waals surface area contributed by atoms with Gasteiger partial charge in [-0.25, -0.2) is 8.42 Å². The molecule has 20 heavy (non-hydrogen) atoms. The van der Waals surface area contributed by atoms with E-state index in [4.69, 9.17) is 4.74 Å². The first kappa shape index (κ1) is 14.1. The number of aromatic nitrogens is 1. The molecule has 2 fully saturated rings. The molecule has 2 aliphatic heterocycles. The molecule has 0 aliphatic carbocycles. The van der Waals surface area contributed by atoms with Crippen molar-refractivity contribution in [1.82, 2.24) is 9.29 Å². The first-order chi connectivity index (χ1) is 9.67. The molecule has 3 rings (SSSR count). The number of aromatic amines is 1. The number of sulfonamides is 1. The second-order valence-corrected chi connectivity index (χ2v) is 7.68. The van der Waals surface area contributed by atoms with Crippen LogP contribution in [-0.2, 0) is 14.8 Å². The molecular formula is C14H22N2O3S. The minimum Gasteiger partial charge on any atom is -0.378 e. The van der Waals surface area contributed by atoms with Gasteiger partial charge in [0.05, 0.1) is 17.9 Å². The zero-order valence-corrected chi connectivity index (χ0v) is 12.4. The zero-order chi connectivity index (χ0) is 14.0. The van der Waals surface area contributed by atoms with Gasteiger partial charge in [-0.3, -0.25) is 0 Å². The molecule has 0 aromatic carbocycles. The van der Waals surface area contributed by atoms with Crippen molar-refractivity contribution in [2.45, 2.75) is 44.2 Å². The highest BCUT2D eigenvalue weighted by Crippen LogP contribution is 2.33. The smallest absolute Gasteiger partial charge is 0.214 e. The van der Waals surface area contributed by atoms with E-state index >= 15 is 0 Å². The highest BCUT2D eigenvalue weighted by atomic mass is 32.2. The van der Waals surface area contributed by atoms with Crippen LogP contribution in [0.1, 0.15) is 43.8 Å². The van der Waals surface area contributed by atoms with E-state index in [1.54, 1.807) is 4.31 Å². The molecule has 6 heteroatoms. The topological polar surface area (TPSA) is 62.4 Å². The summed E-state index contributed by atoms with van der Waals surface area (Å²) in [5.41, 5.74) is 1.00. The molecule has 1 N–H and O–H groups in total. The maximum absolute atomic E-state index is 12.6. The van der Waals surface area contributed by atoms with Crippen LogP contribution in [0.25, 0.3) is 0 Å². The van der Waals surface area contributed by atoms with Crippen LogP contribution in [0.4, 0.5) is 0 Å². The van der Waals surface area contributed by atoms with Gasteiger partial charge in [0.2, 0.25) is 10.0 Å². The summed E-state index contributed by atoms with van der Waals surface area (Å²) in [7, 11) is -3.19. The van der Waals surface area contributed by atoms with Gasteiger partial charge >= 0.3 is 0 Å². The van der Waals surface area contributed by atoms with Gasteiger partial charge in [0.1, 0.15) is 0 Å². The van der Waals surface area contributed by atoms with Gasteiger partial charge in [0.25, 0.3) is 0 Å². The third kappa shape index (κ3) is 2.92. The molecule has 0 spiro atoms. The van der Waals surface area contributed by atoms with Crippen LogP contribution in [0.3, 0.4) is 0 Å². The van der Waals surface area contributed by atoms with Crippen molar-refractivity contribution in [2.24, 2.45) is 0 Å². The van der Waals surface area contributed by atoms with Crippen molar-refractivity contribution in [3.05, 3.63) is 24.0 Å². The SMILES string of the molecule is O=S(=O)(CC[C@H]1CCCO1)N1CCC[C@@H]1c1ccc[nH]1. The normalized spacial score (nSPS) is 28.2. The quantitative estimate of drug-likeness (QED) is 0.905. The number of rotatable bonds is 5.